The van der Waals surface area contributed by atoms with Gasteiger partial charge in [0, 0.05) is 24.0 Å². The van der Waals surface area contributed by atoms with Gasteiger partial charge in [0.1, 0.15) is 17.5 Å². The summed E-state index contributed by atoms with van der Waals surface area (Å²) in [6, 6.07) is 6.30. The first-order chi connectivity index (χ1) is 11.2. The molecule has 1 fully saturated rings. The Hall–Kier alpha value is -1.91. The largest absolute Gasteiger partial charge is 0.490 e. The fraction of sp³-hybridized carbons (Fsp3) is 0.333. The lowest BCUT2D eigenvalue weighted by Crippen LogP contribution is -2.30. The molecule has 1 atom stereocenters. The fourth-order valence-electron chi connectivity index (χ4n) is 2.68. The van der Waals surface area contributed by atoms with Gasteiger partial charge >= 0.3 is 0 Å². The maximum atomic E-state index is 6.17. The average molecular weight is 330 g/mol. The molecule has 1 saturated heterocycles. The zero-order valence-electron chi connectivity index (χ0n) is 13.2. The average Bonchev–Trinajstić information content (AvgIpc) is 2.99. The highest BCUT2D eigenvalue weighted by molar-refractivity contribution is 6.31. The minimum atomic E-state index is 0.473. The first kappa shape index (κ1) is 16.0. The highest BCUT2D eigenvalue weighted by atomic mass is 35.5. The lowest BCUT2D eigenvalue weighted by molar-refractivity contribution is 0.198. The minimum Gasteiger partial charge on any atom is -0.490 e. The third-order valence-electron chi connectivity index (χ3n) is 4.12. The molecule has 23 heavy (non-hydrogen) atoms. The van der Waals surface area contributed by atoms with E-state index in [0.717, 1.165) is 23.4 Å². The first-order valence-electron chi connectivity index (χ1n) is 7.79. The van der Waals surface area contributed by atoms with E-state index in [2.05, 4.69) is 21.9 Å². The van der Waals surface area contributed by atoms with Crippen LogP contribution in [0.25, 0.3) is 12.2 Å². The smallest absolute Gasteiger partial charge is 0.138 e. The Morgan fingerprint density at radius 3 is 2.91 bits per heavy atom. The van der Waals surface area contributed by atoms with Gasteiger partial charge in [-0.3, -0.25) is 4.98 Å². The standard InChI is InChI=1S/C18H20ClN3O/c1-22-10-2-3-16(22)13-23-17-11-15(18(19)21-12-17)5-4-14-6-8-20-9-7-14/h4-9,11-12,16H,2-3,10,13H2,1H3/t16-/m1/s1. The van der Waals surface area contributed by atoms with Crippen LogP contribution >= 0.6 is 11.6 Å². The summed E-state index contributed by atoms with van der Waals surface area (Å²) in [7, 11) is 2.14. The molecular formula is C18H20ClN3O. The second-order valence-electron chi connectivity index (χ2n) is 5.75. The molecule has 0 aliphatic carbocycles. The zero-order chi connectivity index (χ0) is 16.1. The van der Waals surface area contributed by atoms with E-state index in [-0.39, 0.29) is 0 Å². The Kier molecular flexibility index (Phi) is 5.26. The molecule has 1 aliphatic rings. The van der Waals surface area contributed by atoms with Crippen molar-refractivity contribution in [1.82, 2.24) is 14.9 Å². The fourth-order valence-corrected chi connectivity index (χ4v) is 2.85. The molecule has 3 rings (SSSR count). The van der Waals surface area contributed by atoms with E-state index in [1.54, 1.807) is 18.6 Å². The van der Waals surface area contributed by atoms with Gasteiger partial charge < -0.3 is 9.64 Å². The van der Waals surface area contributed by atoms with Crippen molar-refractivity contribution < 1.29 is 4.74 Å². The number of ether oxygens (including phenoxy) is 1. The van der Waals surface area contributed by atoms with Gasteiger partial charge in [-0.25, -0.2) is 4.98 Å². The molecule has 1 aliphatic heterocycles. The Bertz CT molecular complexity index is 675. The summed E-state index contributed by atoms with van der Waals surface area (Å²) in [5.41, 5.74) is 1.91. The summed E-state index contributed by atoms with van der Waals surface area (Å²) >= 11 is 6.17. The van der Waals surface area contributed by atoms with Gasteiger partial charge in [-0.05, 0) is 50.2 Å². The molecule has 2 aromatic heterocycles. The number of likely N-dealkylation sites (N-methyl/N-ethyl adjacent to an activating group) is 1. The van der Waals surface area contributed by atoms with Crippen LogP contribution in [-0.4, -0.2) is 41.1 Å². The number of halogens is 1. The molecule has 0 saturated carbocycles. The van der Waals surface area contributed by atoms with Crippen LogP contribution < -0.4 is 4.74 Å². The molecule has 3 heterocycles. The molecule has 0 bridgehead atoms. The van der Waals surface area contributed by atoms with Crippen LogP contribution in [0.3, 0.4) is 0 Å². The van der Waals surface area contributed by atoms with Gasteiger partial charge in [0.2, 0.25) is 0 Å². The number of hydrogen-bond donors (Lipinski definition) is 0. The summed E-state index contributed by atoms with van der Waals surface area (Å²) in [5, 5.41) is 0.473. The van der Waals surface area contributed by atoms with Crippen LogP contribution in [0.1, 0.15) is 24.0 Å². The van der Waals surface area contributed by atoms with Crippen molar-refractivity contribution in [1.29, 1.82) is 0 Å². The molecule has 0 unspecified atom stereocenters. The predicted molar refractivity (Wildman–Crippen MR) is 93.6 cm³/mol. The highest BCUT2D eigenvalue weighted by Gasteiger charge is 2.21. The van der Waals surface area contributed by atoms with Crippen LogP contribution in [0.5, 0.6) is 5.75 Å². The Morgan fingerprint density at radius 1 is 1.35 bits per heavy atom. The van der Waals surface area contributed by atoms with Crippen molar-refractivity contribution >= 4 is 23.8 Å². The van der Waals surface area contributed by atoms with Crippen LogP contribution in [0.15, 0.2) is 36.8 Å². The summed E-state index contributed by atoms with van der Waals surface area (Å²) in [6.45, 7) is 1.83. The van der Waals surface area contributed by atoms with E-state index in [1.165, 1.54) is 12.8 Å². The van der Waals surface area contributed by atoms with Crippen molar-refractivity contribution in [3.8, 4) is 5.75 Å². The van der Waals surface area contributed by atoms with Crippen LogP contribution in [0.4, 0.5) is 0 Å². The van der Waals surface area contributed by atoms with Crippen molar-refractivity contribution in [2.45, 2.75) is 18.9 Å². The van der Waals surface area contributed by atoms with Crippen molar-refractivity contribution in [3.63, 3.8) is 0 Å². The van der Waals surface area contributed by atoms with E-state index < -0.39 is 0 Å². The molecule has 120 valence electrons. The SMILES string of the molecule is CN1CCC[C@@H]1COc1cnc(Cl)c(C=Cc2ccncc2)c1. The molecule has 0 aromatic carbocycles. The first-order valence-corrected chi connectivity index (χ1v) is 8.17. The summed E-state index contributed by atoms with van der Waals surface area (Å²) in [6.07, 6.45) is 11.6. The normalized spacial score (nSPS) is 18.6. The number of hydrogen-bond acceptors (Lipinski definition) is 4. The molecule has 0 N–H and O–H groups in total. The minimum absolute atomic E-state index is 0.473. The molecule has 0 spiro atoms. The van der Waals surface area contributed by atoms with E-state index >= 15 is 0 Å². The molecular weight excluding hydrogens is 310 g/mol. The number of aromatic nitrogens is 2. The molecule has 5 heteroatoms. The molecule has 0 amide bonds. The lowest BCUT2D eigenvalue weighted by Gasteiger charge is -2.19. The Balaban J connectivity index is 1.67. The third-order valence-corrected chi connectivity index (χ3v) is 4.43. The number of likely N-dealkylation sites (tertiary alicyclic amines) is 1. The topological polar surface area (TPSA) is 38.2 Å². The maximum absolute atomic E-state index is 6.17. The van der Waals surface area contributed by atoms with Crippen LogP contribution in [0.2, 0.25) is 5.15 Å². The van der Waals surface area contributed by atoms with Gasteiger partial charge in [-0.2, -0.15) is 0 Å². The Labute approximate surface area is 141 Å². The van der Waals surface area contributed by atoms with Crippen molar-refractivity contribution in [2.24, 2.45) is 0 Å². The quantitative estimate of drug-likeness (QED) is 0.783. The number of pyridine rings is 2. The second-order valence-corrected chi connectivity index (χ2v) is 6.11. The van der Waals surface area contributed by atoms with E-state index in [9.17, 15) is 0 Å². The summed E-state index contributed by atoms with van der Waals surface area (Å²) < 4.78 is 5.90. The van der Waals surface area contributed by atoms with Gasteiger partial charge in [0.05, 0.1) is 6.20 Å². The lowest BCUT2D eigenvalue weighted by atomic mass is 10.2. The van der Waals surface area contributed by atoms with Gasteiger partial charge in [0.15, 0.2) is 0 Å². The van der Waals surface area contributed by atoms with E-state index in [0.29, 0.717) is 17.8 Å². The van der Waals surface area contributed by atoms with Crippen molar-refractivity contribution in [2.75, 3.05) is 20.2 Å². The molecule has 0 radical (unpaired) electrons. The summed E-state index contributed by atoms with van der Waals surface area (Å²) in [4.78, 5) is 10.6. The van der Waals surface area contributed by atoms with Crippen LogP contribution in [-0.2, 0) is 0 Å². The van der Waals surface area contributed by atoms with Gasteiger partial charge in [0.25, 0.3) is 0 Å². The van der Waals surface area contributed by atoms with Gasteiger partial charge in [-0.1, -0.05) is 23.8 Å². The van der Waals surface area contributed by atoms with Gasteiger partial charge in [-0.15, -0.1) is 0 Å². The number of nitrogens with zero attached hydrogens (tertiary/aromatic N) is 3. The second kappa shape index (κ2) is 7.57. The highest BCUT2D eigenvalue weighted by Crippen LogP contribution is 2.23. The summed E-state index contributed by atoms with van der Waals surface area (Å²) in [5.74, 6) is 0.754. The number of rotatable bonds is 5. The van der Waals surface area contributed by atoms with E-state index in [4.69, 9.17) is 16.3 Å². The molecule has 4 nitrogen and oxygen atoms in total. The zero-order valence-corrected chi connectivity index (χ0v) is 13.9. The van der Waals surface area contributed by atoms with E-state index in [1.807, 2.05) is 30.4 Å². The third kappa shape index (κ3) is 4.30. The predicted octanol–water partition coefficient (Wildman–Crippen LogP) is 3.77. The van der Waals surface area contributed by atoms with Crippen LogP contribution in [0, 0.1) is 0 Å². The monoisotopic (exact) mass is 329 g/mol. The van der Waals surface area contributed by atoms with Crippen molar-refractivity contribution in [3.05, 3.63) is 53.1 Å². The molecule has 2 aromatic rings. The maximum Gasteiger partial charge on any atom is 0.138 e. The Morgan fingerprint density at radius 2 is 2.17 bits per heavy atom.